The number of amides is 1. The van der Waals surface area contributed by atoms with Gasteiger partial charge in [0.25, 0.3) is 5.91 Å². The second-order valence-electron chi connectivity index (χ2n) is 6.53. The molecule has 138 valence electrons. The molecule has 1 amide bonds. The van der Waals surface area contributed by atoms with Gasteiger partial charge in [-0.2, -0.15) is 0 Å². The topological polar surface area (TPSA) is 58.1 Å². The number of hydrogen-bond acceptors (Lipinski definition) is 4. The van der Waals surface area contributed by atoms with Gasteiger partial charge < -0.3 is 10.2 Å². The van der Waals surface area contributed by atoms with Crippen LogP contribution in [0.5, 0.6) is 0 Å². The third-order valence-corrected chi connectivity index (χ3v) is 4.35. The van der Waals surface area contributed by atoms with Crippen LogP contribution in [0, 0.1) is 13.8 Å². The summed E-state index contributed by atoms with van der Waals surface area (Å²) in [5, 5.41) is 11.5. The Balaban J connectivity index is 1.68. The van der Waals surface area contributed by atoms with Crippen molar-refractivity contribution < 1.29 is 4.79 Å². The highest BCUT2D eigenvalue weighted by atomic mass is 16.2. The quantitative estimate of drug-likeness (QED) is 0.709. The van der Waals surface area contributed by atoms with Crippen LogP contribution in [0.3, 0.4) is 0 Å². The Morgan fingerprint density at radius 1 is 0.963 bits per heavy atom. The van der Waals surface area contributed by atoms with Gasteiger partial charge in [-0.15, -0.1) is 10.2 Å². The number of aromatic nitrogens is 2. The van der Waals surface area contributed by atoms with E-state index >= 15 is 0 Å². The van der Waals surface area contributed by atoms with Crippen molar-refractivity contribution in [1.82, 2.24) is 10.2 Å². The van der Waals surface area contributed by atoms with Crippen LogP contribution in [0.1, 0.15) is 34.1 Å². The van der Waals surface area contributed by atoms with Crippen molar-refractivity contribution >= 4 is 17.4 Å². The molecule has 5 nitrogen and oxygen atoms in total. The molecule has 5 heteroatoms. The van der Waals surface area contributed by atoms with E-state index in [1.54, 1.807) is 17.0 Å². The van der Waals surface area contributed by atoms with Gasteiger partial charge in [0.2, 0.25) is 0 Å². The van der Waals surface area contributed by atoms with Gasteiger partial charge in [0.05, 0.1) is 0 Å². The highest BCUT2D eigenvalue weighted by Gasteiger charge is 2.18. The van der Waals surface area contributed by atoms with Crippen molar-refractivity contribution in [3.63, 3.8) is 0 Å². The number of rotatable bonds is 6. The molecule has 27 heavy (non-hydrogen) atoms. The lowest BCUT2D eigenvalue weighted by Crippen LogP contribution is -2.31. The molecule has 1 N–H and O–H groups in total. The highest BCUT2D eigenvalue weighted by Crippen LogP contribution is 2.18. The van der Waals surface area contributed by atoms with E-state index in [1.807, 2.05) is 38.1 Å². The van der Waals surface area contributed by atoms with E-state index in [4.69, 9.17) is 0 Å². The van der Waals surface area contributed by atoms with Crippen LogP contribution in [0.4, 0.5) is 11.5 Å². The summed E-state index contributed by atoms with van der Waals surface area (Å²) in [4.78, 5) is 14.5. The molecule has 0 bridgehead atoms. The number of nitrogens with one attached hydrogen (secondary N) is 1. The first-order valence-corrected chi connectivity index (χ1v) is 9.08. The van der Waals surface area contributed by atoms with Gasteiger partial charge in [0.15, 0.2) is 5.69 Å². The number of anilines is 2. The summed E-state index contributed by atoms with van der Waals surface area (Å²) in [6.07, 6.45) is 0. The summed E-state index contributed by atoms with van der Waals surface area (Å²) in [7, 11) is 0. The van der Waals surface area contributed by atoms with E-state index in [0.717, 1.165) is 11.3 Å². The number of aryl methyl sites for hydroxylation is 2. The summed E-state index contributed by atoms with van der Waals surface area (Å²) in [6.45, 7) is 7.25. The van der Waals surface area contributed by atoms with Crippen LogP contribution in [0.25, 0.3) is 0 Å². The molecule has 3 aromatic rings. The van der Waals surface area contributed by atoms with Gasteiger partial charge in [0, 0.05) is 18.8 Å². The van der Waals surface area contributed by atoms with E-state index in [-0.39, 0.29) is 5.91 Å². The number of hydrogen-bond donors (Lipinski definition) is 1. The first kappa shape index (κ1) is 18.6. The lowest BCUT2D eigenvalue weighted by atomic mass is 10.1. The van der Waals surface area contributed by atoms with Crippen LogP contribution in [0.15, 0.2) is 60.7 Å². The fourth-order valence-electron chi connectivity index (χ4n) is 2.82. The first-order valence-electron chi connectivity index (χ1n) is 9.08. The molecule has 0 aliphatic carbocycles. The van der Waals surface area contributed by atoms with E-state index in [0.29, 0.717) is 24.6 Å². The minimum Gasteiger partial charge on any atom is -0.365 e. The minimum atomic E-state index is -0.152. The Morgan fingerprint density at radius 2 is 1.74 bits per heavy atom. The summed E-state index contributed by atoms with van der Waals surface area (Å²) in [5.74, 6) is 0.492. The Bertz CT molecular complexity index is 904. The molecule has 0 aliphatic heterocycles. The van der Waals surface area contributed by atoms with E-state index in [2.05, 4.69) is 46.7 Å². The van der Waals surface area contributed by atoms with Gasteiger partial charge in [0.1, 0.15) is 5.82 Å². The average molecular weight is 360 g/mol. The summed E-state index contributed by atoms with van der Waals surface area (Å²) in [5.41, 5.74) is 4.71. The molecular formula is C22H24N4O. The second kappa shape index (κ2) is 8.45. The molecule has 1 aromatic heterocycles. The lowest BCUT2D eigenvalue weighted by Gasteiger charge is -2.20. The molecule has 0 unspecified atom stereocenters. The normalized spacial score (nSPS) is 10.5. The number of nitrogens with zero attached hydrogens (tertiary/aromatic N) is 3. The molecule has 0 spiro atoms. The largest absolute Gasteiger partial charge is 0.365 e. The Labute approximate surface area is 160 Å². The van der Waals surface area contributed by atoms with Gasteiger partial charge in [-0.05, 0) is 56.2 Å². The lowest BCUT2D eigenvalue weighted by molar-refractivity contribution is 0.0982. The molecule has 0 radical (unpaired) electrons. The standard InChI is InChI=1S/C22H24N4O/c1-4-26(19-7-5-6-17(3)14-19)22(27)20-12-13-21(25-24-20)23-15-18-10-8-16(2)9-11-18/h5-14H,4,15H2,1-3H3,(H,23,25). The van der Waals surface area contributed by atoms with Gasteiger partial charge in [-0.3, -0.25) is 4.79 Å². The summed E-state index contributed by atoms with van der Waals surface area (Å²) < 4.78 is 0. The van der Waals surface area contributed by atoms with Crippen molar-refractivity contribution in [2.45, 2.75) is 27.3 Å². The zero-order chi connectivity index (χ0) is 19.2. The van der Waals surface area contributed by atoms with E-state index < -0.39 is 0 Å². The van der Waals surface area contributed by atoms with Crippen molar-refractivity contribution in [1.29, 1.82) is 0 Å². The maximum Gasteiger partial charge on any atom is 0.278 e. The van der Waals surface area contributed by atoms with Crippen molar-refractivity contribution in [2.24, 2.45) is 0 Å². The number of carbonyl (C=O) groups excluding carboxylic acids is 1. The van der Waals surface area contributed by atoms with Crippen molar-refractivity contribution in [2.75, 3.05) is 16.8 Å². The molecule has 0 atom stereocenters. The zero-order valence-corrected chi connectivity index (χ0v) is 15.9. The molecule has 0 saturated carbocycles. The molecule has 3 rings (SSSR count). The number of carbonyl (C=O) groups is 1. The average Bonchev–Trinajstić information content (AvgIpc) is 2.68. The molecule has 1 heterocycles. The van der Waals surface area contributed by atoms with Gasteiger partial charge in [-0.1, -0.05) is 42.0 Å². The van der Waals surface area contributed by atoms with Crippen LogP contribution in [-0.2, 0) is 6.54 Å². The second-order valence-corrected chi connectivity index (χ2v) is 6.53. The van der Waals surface area contributed by atoms with Crippen molar-refractivity contribution in [3.8, 4) is 0 Å². The molecular weight excluding hydrogens is 336 g/mol. The summed E-state index contributed by atoms with van der Waals surface area (Å²) in [6, 6.07) is 19.7. The zero-order valence-electron chi connectivity index (χ0n) is 15.9. The molecule has 0 aliphatic rings. The van der Waals surface area contributed by atoms with E-state index in [1.165, 1.54) is 11.1 Å². The number of benzene rings is 2. The third-order valence-electron chi connectivity index (χ3n) is 4.35. The smallest absolute Gasteiger partial charge is 0.278 e. The van der Waals surface area contributed by atoms with Gasteiger partial charge in [-0.25, -0.2) is 0 Å². The Hall–Kier alpha value is -3.21. The highest BCUT2D eigenvalue weighted by molar-refractivity contribution is 6.04. The Morgan fingerprint density at radius 3 is 2.37 bits per heavy atom. The first-order chi connectivity index (χ1) is 13.1. The van der Waals surface area contributed by atoms with Crippen LogP contribution < -0.4 is 10.2 Å². The predicted octanol–water partition coefficient (Wildman–Crippen LogP) is 4.37. The maximum atomic E-state index is 12.8. The molecule has 2 aromatic carbocycles. The fourth-order valence-corrected chi connectivity index (χ4v) is 2.82. The maximum absolute atomic E-state index is 12.8. The monoisotopic (exact) mass is 360 g/mol. The van der Waals surface area contributed by atoms with Crippen LogP contribution in [-0.4, -0.2) is 22.6 Å². The Kier molecular flexibility index (Phi) is 5.81. The fraction of sp³-hybridized carbons (Fsp3) is 0.227. The molecule has 0 saturated heterocycles. The third kappa shape index (κ3) is 4.70. The van der Waals surface area contributed by atoms with Crippen LogP contribution >= 0.6 is 0 Å². The van der Waals surface area contributed by atoms with Crippen molar-refractivity contribution in [3.05, 3.63) is 83.0 Å². The predicted molar refractivity (Wildman–Crippen MR) is 109 cm³/mol. The van der Waals surface area contributed by atoms with E-state index in [9.17, 15) is 4.79 Å². The summed E-state index contributed by atoms with van der Waals surface area (Å²) >= 11 is 0. The van der Waals surface area contributed by atoms with Gasteiger partial charge >= 0.3 is 0 Å². The van der Waals surface area contributed by atoms with Crippen LogP contribution in [0.2, 0.25) is 0 Å². The molecule has 0 fully saturated rings. The minimum absolute atomic E-state index is 0.152. The SMILES string of the molecule is CCN(C(=O)c1ccc(NCc2ccc(C)cc2)nn1)c1cccc(C)c1.